The zero-order valence-corrected chi connectivity index (χ0v) is 24.1. The highest BCUT2D eigenvalue weighted by molar-refractivity contribution is 5.97. The Morgan fingerprint density at radius 3 is 2.17 bits per heavy atom. The quantitative estimate of drug-likeness (QED) is 0.421. The van der Waals surface area contributed by atoms with Crippen molar-refractivity contribution >= 4 is 17.5 Å². The van der Waals surface area contributed by atoms with Crippen LogP contribution in [0.15, 0.2) is 72.8 Å². The summed E-state index contributed by atoms with van der Waals surface area (Å²) in [5.41, 5.74) is 1.66. The lowest BCUT2D eigenvalue weighted by molar-refractivity contribution is -0.140. The van der Waals surface area contributed by atoms with Crippen LogP contribution in [0.4, 0.5) is 5.69 Å². The number of anilines is 1. The second-order valence-electron chi connectivity index (χ2n) is 10.9. The van der Waals surface area contributed by atoms with Crippen molar-refractivity contribution in [1.29, 1.82) is 0 Å². The fourth-order valence-electron chi connectivity index (χ4n) is 6.21. The van der Waals surface area contributed by atoms with Crippen LogP contribution in [0.1, 0.15) is 24.4 Å². The summed E-state index contributed by atoms with van der Waals surface area (Å²) in [7, 11) is 3.24. The van der Waals surface area contributed by atoms with Crippen molar-refractivity contribution in [2.45, 2.75) is 25.0 Å². The molecule has 3 aliphatic rings. The van der Waals surface area contributed by atoms with Crippen molar-refractivity contribution in [3.8, 4) is 23.0 Å². The van der Waals surface area contributed by atoms with Crippen LogP contribution in [0.5, 0.6) is 23.0 Å². The van der Waals surface area contributed by atoms with E-state index in [0.717, 1.165) is 48.1 Å². The first-order valence-corrected chi connectivity index (χ1v) is 14.5. The first kappa shape index (κ1) is 27.9. The molecule has 0 aliphatic carbocycles. The molecule has 0 saturated carbocycles. The molecule has 0 bridgehead atoms. The minimum absolute atomic E-state index is 0.00567. The monoisotopic (exact) mass is 571 g/mol. The van der Waals surface area contributed by atoms with Crippen LogP contribution in [-0.2, 0) is 9.59 Å². The van der Waals surface area contributed by atoms with Gasteiger partial charge in [-0.15, -0.1) is 0 Å². The number of carbonyl (C=O) groups is 2. The first-order valence-electron chi connectivity index (χ1n) is 14.5. The van der Waals surface area contributed by atoms with Crippen LogP contribution in [-0.4, -0.2) is 81.3 Å². The van der Waals surface area contributed by atoms with E-state index in [1.165, 1.54) is 0 Å². The third-order valence-electron chi connectivity index (χ3n) is 8.44. The Hall–Kier alpha value is -4.24. The van der Waals surface area contributed by atoms with Crippen LogP contribution in [0.3, 0.4) is 0 Å². The standard InChI is InChI=1S/C33H37N3O6/c1-39-25-11-7-23(8-12-25)32-28(15-16-31(37)36(32)24-9-13-26(40-2)14-10-24)33(38)35-19-17-34(18-20-35)21-27-22-41-29-5-3-4-6-30(29)42-27/h3-14,27-28,32H,15-22H2,1-2H3/t27-,28-,32-/m1/s1. The largest absolute Gasteiger partial charge is 0.497 e. The average molecular weight is 572 g/mol. The molecule has 9 nitrogen and oxygen atoms in total. The molecule has 6 rings (SSSR count). The van der Waals surface area contributed by atoms with Gasteiger partial charge >= 0.3 is 0 Å². The Morgan fingerprint density at radius 1 is 0.857 bits per heavy atom. The number of benzene rings is 3. The number of ether oxygens (including phenoxy) is 4. The predicted molar refractivity (Wildman–Crippen MR) is 158 cm³/mol. The number of piperidine rings is 1. The minimum atomic E-state index is -0.427. The van der Waals surface area contributed by atoms with Gasteiger partial charge in [0.15, 0.2) is 11.5 Å². The second-order valence-corrected chi connectivity index (χ2v) is 10.9. The summed E-state index contributed by atoms with van der Waals surface area (Å²) in [6.45, 7) is 4.03. The first-order chi connectivity index (χ1) is 20.5. The van der Waals surface area contributed by atoms with Crippen LogP contribution in [0.25, 0.3) is 0 Å². The Morgan fingerprint density at radius 2 is 1.50 bits per heavy atom. The van der Waals surface area contributed by atoms with Crippen molar-refractivity contribution < 1.29 is 28.5 Å². The molecule has 3 heterocycles. The van der Waals surface area contributed by atoms with Gasteiger partial charge in [-0.3, -0.25) is 14.5 Å². The molecule has 0 N–H and O–H groups in total. The van der Waals surface area contributed by atoms with Gasteiger partial charge in [-0.25, -0.2) is 0 Å². The molecule has 3 aromatic carbocycles. The number of para-hydroxylation sites is 2. The highest BCUT2D eigenvalue weighted by Gasteiger charge is 2.43. The van der Waals surface area contributed by atoms with Gasteiger partial charge in [-0.05, 0) is 60.5 Å². The maximum atomic E-state index is 14.2. The normalized spacial score (nSPS) is 22.5. The third-order valence-corrected chi connectivity index (χ3v) is 8.44. The van der Waals surface area contributed by atoms with Crippen molar-refractivity contribution in [3.63, 3.8) is 0 Å². The van der Waals surface area contributed by atoms with E-state index in [4.69, 9.17) is 18.9 Å². The molecule has 0 radical (unpaired) electrons. The summed E-state index contributed by atoms with van der Waals surface area (Å²) < 4.78 is 22.8. The molecular weight excluding hydrogens is 534 g/mol. The topological polar surface area (TPSA) is 80.8 Å². The zero-order chi connectivity index (χ0) is 29.1. The van der Waals surface area contributed by atoms with E-state index in [0.29, 0.717) is 38.3 Å². The van der Waals surface area contributed by atoms with Gasteiger partial charge in [-0.1, -0.05) is 24.3 Å². The summed E-state index contributed by atoms with van der Waals surface area (Å²) in [5, 5.41) is 0. The van der Waals surface area contributed by atoms with E-state index in [9.17, 15) is 9.59 Å². The second kappa shape index (κ2) is 12.3. The van der Waals surface area contributed by atoms with E-state index >= 15 is 0 Å². The van der Waals surface area contributed by atoms with E-state index in [1.807, 2.05) is 77.7 Å². The maximum Gasteiger partial charge on any atom is 0.228 e. The molecule has 9 heteroatoms. The summed E-state index contributed by atoms with van der Waals surface area (Å²) in [6, 6.07) is 22.5. The van der Waals surface area contributed by atoms with Gasteiger partial charge in [0, 0.05) is 44.8 Å². The molecule has 3 atom stereocenters. The van der Waals surface area contributed by atoms with E-state index in [2.05, 4.69) is 4.90 Å². The van der Waals surface area contributed by atoms with Crippen molar-refractivity contribution in [2.24, 2.45) is 5.92 Å². The maximum absolute atomic E-state index is 14.2. The van der Waals surface area contributed by atoms with Gasteiger partial charge in [0.05, 0.1) is 26.2 Å². The number of rotatable bonds is 7. The molecule has 3 aliphatic heterocycles. The summed E-state index contributed by atoms with van der Waals surface area (Å²) >= 11 is 0. The van der Waals surface area contributed by atoms with Crippen LogP contribution in [0, 0.1) is 5.92 Å². The lowest BCUT2D eigenvalue weighted by atomic mass is 9.82. The Kier molecular flexibility index (Phi) is 8.19. The molecule has 3 aromatic rings. The zero-order valence-electron chi connectivity index (χ0n) is 24.1. The van der Waals surface area contributed by atoms with Gasteiger partial charge in [0.1, 0.15) is 24.2 Å². The Bertz CT molecular complexity index is 1390. The molecule has 0 aromatic heterocycles. The lowest BCUT2D eigenvalue weighted by Crippen LogP contribution is -2.55. The number of amides is 2. The Labute approximate surface area is 246 Å². The van der Waals surface area contributed by atoms with Gasteiger partial charge in [0.25, 0.3) is 0 Å². The molecule has 0 unspecified atom stereocenters. The molecule has 42 heavy (non-hydrogen) atoms. The van der Waals surface area contributed by atoms with E-state index in [-0.39, 0.29) is 23.8 Å². The summed E-state index contributed by atoms with van der Waals surface area (Å²) in [6.07, 6.45) is 0.771. The predicted octanol–water partition coefficient (Wildman–Crippen LogP) is 4.17. The minimum Gasteiger partial charge on any atom is -0.497 e. The summed E-state index contributed by atoms with van der Waals surface area (Å²) in [5.74, 6) is 2.73. The Balaban J connectivity index is 1.17. The number of fused-ring (bicyclic) bond motifs is 1. The fourth-order valence-corrected chi connectivity index (χ4v) is 6.21. The highest BCUT2D eigenvalue weighted by atomic mass is 16.6. The third kappa shape index (κ3) is 5.74. The number of carbonyl (C=O) groups excluding carboxylic acids is 2. The fraction of sp³-hybridized carbons (Fsp3) is 0.394. The smallest absolute Gasteiger partial charge is 0.228 e. The average Bonchev–Trinajstić information content (AvgIpc) is 3.05. The van der Waals surface area contributed by atoms with E-state index in [1.54, 1.807) is 19.1 Å². The highest BCUT2D eigenvalue weighted by Crippen LogP contribution is 2.42. The van der Waals surface area contributed by atoms with Crippen molar-refractivity contribution in [3.05, 3.63) is 78.4 Å². The molecule has 2 fully saturated rings. The number of methoxy groups -OCH3 is 2. The molecule has 2 saturated heterocycles. The molecule has 2 amide bonds. The SMILES string of the molecule is COc1ccc([C@@H]2[C@H](C(=O)N3CCN(C[C@@H]4COc5ccccc5O4)CC3)CCC(=O)N2c2ccc(OC)cc2)cc1. The van der Waals surface area contributed by atoms with Crippen LogP contribution >= 0.6 is 0 Å². The number of piperazine rings is 1. The molecule has 220 valence electrons. The van der Waals surface area contributed by atoms with Gasteiger partial charge in [-0.2, -0.15) is 0 Å². The van der Waals surface area contributed by atoms with Gasteiger partial charge in [0.2, 0.25) is 11.8 Å². The molecule has 0 spiro atoms. The summed E-state index contributed by atoms with van der Waals surface area (Å²) in [4.78, 5) is 33.7. The van der Waals surface area contributed by atoms with Crippen molar-refractivity contribution in [1.82, 2.24) is 9.80 Å². The van der Waals surface area contributed by atoms with Crippen LogP contribution in [0.2, 0.25) is 0 Å². The van der Waals surface area contributed by atoms with Crippen LogP contribution < -0.4 is 23.8 Å². The van der Waals surface area contributed by atoms with Gasteiger partial charge < -0.3 is 28.7 Å². The molecular formula is C33H37N3O6. The van der Waals surface area contributed by atoms with E-state index < -0.39 is 6.04 Å². The number of hydrogen-bond donors (Lipinski definition) is 0. The van der Waals surface area contributed by atoms with Crippen molar-refractivity contribution in [2.75, 3.05) is 58.5 Å². The number of hydrogen-bond acceptors (Lipinski definition) is 7. The lowest BCUT2D eigenvalue weighted by Gasteiger charge is -2.44. The number of nitrogens with zero attached hydrogens (tertiary/aromatic N) is 3.